The third-order valence-corrected chi connectivity index (χ3v) is 4.67. The summed E-state index contributed by atoms with van der Waals surface area (Å²) in [6, 6.07) is 1.57. The zero-order valence-electron chi connectivity index (χ0n) is 11.2. The Hall–Kier alpha value is -1.45. The maximum atomic E-state index is 12.3. The van der Waals surface area contributed by atoms with Crippen molar-refractivity contribution < 1.29 is 27.2 Å². The predicted octanol–water partition coefficient (Wildman–Crippen LogP) is -0.313. The molecule has 0 N–H and O–H groups in total. The van der Waals surface area contributed by atoms with E-state index in [4.69, 9.17) is 9.26 Å². The molecule has 0 saturated carbocycles. The Balaban J connectivity index is 2.07. The molecule has 0 radical (unpaired) electrons. The third-order valence-electron chi connectivity index (χ3n) is 2.89. The van der Waals surface area contributed by atoms with Crippen LogP contribution < -0.4 is 0 Å². The molecule has 1 saturated heterocycles. The summed E-state index contributed by atoms with van der Waals surface area (Å²) in [4.78, 5) is 11.4. The number of aryl methyl sites for hydroxylation is 1. The maximum Gasteiger partial charge on any atom is 0.336 e. The van der Waals surface area contributed by atoms with Crippen LogP contribution in [0.4, 0.5) is 0 Å². The average Bonchev–Trinajstić information content (AvgIpc) is 2.82. The highest BCUT2D eigenvalue weighted by Gasteiger charge is 2.34. The number of morpholine rings is 1. The van der Waals surface area contributed by atoms with E-state index >= 15 is 0 Å². The van der Waals surface area contributed by atoms with E-state index in [2.05, 4.69) is 9.89 Å². The monoisotopic (exact) mass is 304 g/mol. The van der Waals surface area contributed by atoms with E-state index in [1.54, 1.807) is 13.0 Å². The summed E-state index contributed by atoms with van der Waals surface area (Å²) in [5.74, 6) is -0.301. The lowest BCUT2D eigenvalue weighted by Crippen LogP contribution is -2.49. The number of esters is 1. The first-order chi connectivity index (χ1) is 9.42. The Bertz CT molecular complexity index is 581. The second-order valence-electron chi connectivity index (χ2n) is 4.43. The third kappa shape index (κ3) is 3.35. The topological polar surface area (TPSA) is 98.9 Å². The first-order valence-corrected chi connectivity index (χ1v) is 7.63. The fourth-order valence-electron chi connectivity index (χ4n) is 1.92. The molecule has 2 heterocycles. The number of carbonyl (C=O) groups is 1. The minimum Gasteiger partial charge on any atom is -0.467 e. The van der Waals surface area contributed by atoms with Crippen LogP contribution in [0.15, 0.2) is 10.6 Å². The number of hydrogen-bond donors (Lipinski definition) is 0. The Morgan fingerprint density at radius 3 is 2.95 bits per heavy atom. The Labute approximate surface area is 116 Å². The molecule has 0 spiro atoms. The van der Waals surface area contributed by atoms with Crippen molar-refractivity contribution >= 4 is 16.0 Å². The van der Waals surface area contributed by atoms with E-state index in [9.17, 15) is 13.2 Å². The number of nitrogens with zero attached hydrogens (tertiary/aromatic N) is 2. The number of sulfonamides is 1. The van der Waals surface area contributed by atoms with Gasteiger partial charge in [-0.05, 0) is 6.92 Å². The Kier molecular flexibility index (Phi) is 4.41. The van der Waals surface area contributed by atoms with Crippen molar-refractivity contribution in [1.29, 1.82) is 0 Å². The molecule has 112 valence electrons. The van der Waals surface area contributed by atoms with E-state index in [0.717, 1.165) is 0 Å². The van der Waals surface area contributed by atoms with Crippen molar-refractivity contribution in [2.45, 2.75) is 18.8 Å². The highest BCUT2D eigenvalue weighted by atomic mass is 32.2. The molecule has 8 nitrogen and oxygen atoms in total. The van der Waals surface area contributed by atoms with E-state index in [1.165, 1.54) is 11.4 Å². The van der Waals surface area contributed by atoms with Crippen molar-refractivity contribution in [3.05, 3.63) is 17.5 Å². The number of rotatable bonds is 4. The van der Waals surface area contributed by atoms with Gasteiger partial charge < -0.3 is 14.0 Å². The summed E-state index contributed by atoms with van der Waals surface area (Å²) < 4.78 is 40.3. The van der Waals surface area contributed by atoms with E-state index < -0.39 is 22.1 Å². The molecule has 2 rings (SSSR count). The predicted molar refractivity (Wildman–Crippen MR) is 67.2 cm³/mol. The normalized spacial score (nSPS) is 20.8. The fourth-order valence-corrected chi connectivity index (χ4v) is 3.32. The number of methoxy groups -OCH3 is 1. The van der Waals surface area contributed by atoms with Crippen LogP contribution in [0.5, 0.6) is 0 Å². The molecule has 1 aromatic heterocycles. The molecule has 1 aliphatic heterocycles. The smallest absolute Gasteiger partial charge is 0.336 e. The molecule has 1 unspecified atom stereocenters. The summed E-state index contributed by atoms with van der Waals surface area (Å²) in [5.41, 5.74) is 0.337. The van der Waals surface area contributed by atoms with Gasteiger partial charge in [0.1, 0.15) is 17.2 Å². The average molecular weight is 304 g/mol. The van der Waals surface area contributed by atoms with Crippen LogP contribution >= 0.6 is 0 Å². The quantitative estimate of drug-likeness (QED) is 0.703. The molecule has 1 aliphatic rings. The van der Waals surface area contributed by atoms with Crippen LogP contribution in [-0.4, -0.2) is 56.8 Å². The Morgan fingerprint density at radius 1 is 1.60 bits per heavy atom. The maximum absolute atomic E-state index is 12.3. The molecule has 9 heteroatoms. The standard InChI is InChI=1S/C11H16N2O6S/c1-8-5-9(12-19-8)7-20(15,16)13-3-4-18-10(6-13)11(14)17-2/h5,10H,3-4,6-7H2,1-2H3. The van der Waals surface area contributed by atoms with Crippen LogP contribution in [-0.2, 0) is 30.0 Å². The van der Waals surface area contributed by atoms with Gasteiger partial charge in [-0.3, -0.25) is 0 Å². The summed E-state index contributed by atoms with van der Waals surface area (Å²) >= 11 is 0. The molecular weight excluding hydrogens is 288 g/mol. The van der Waals surface area contributed by atoms with Gasteiger partial charge in [0.15, 0.2) is 6.10 Å². The summed E-state index contributed by atoms with van der Waals surface area (Å²) in [7, 11) is -2.34. The van der Waals surface area contributed by atoms with Gasteiger partial charge in [0.25, 0.3) is 0 Å². The summed E-state index contributed by atoms with van der Waals surface area (Å²) in [5, 5.41) is 3.66. The van der Waals surface area contributed by atoms with Crippen molar-refractivity contribution in [3.8, 4) is 0 Å². The van der Waals surface area contributed by atoms with Crippen LogP contribution in [0, 0.1) is 6.92 Å². The molecule has 1 fully saturated rings. The second-order valence-corrected chi connectivity index (χ2v) is 6.39. The Morgan fingerprint density at radius 2 is 2.35 bits per heavy atom. The molecule has 1 atom stereocenters. The number of ether oxygens (including phenoxy) is 2. The van der Waals surface area contributed by atoms with Crippen LogP contribution in [0.1, 0.15) is 11.5 Å². The van der Waals surface area contributed by atoms with E-state index in [0.29, 0.717) is 11.5 Å². The van der Waals surface area contributed by atoms with Gasteiger partial charge in [0.05, 0.1) is 20.3 Å². The molecule has 1 aromatic rings. The van der Waals surface area contributed by atoms with Gasteiger partial charge in [-0.1, -0.05) is 5.16 Å². The van der Waals surface area contributed by atoms with Crippen LogP contribution in [0.2, 0.25) is 0 Å². The molecule has 0 amide bonds. The van der Waals surface area contributed by atoms with Gasteiger partial charge in [-0.15, -0.1) is 0 Å². The van der Waals surface area contributed by atoms with Gasteiger partial charge in [-0.25, -0.2) is 13.2 Å². The van der Waals surface area contributed by atoms with Crippen molar-refractivity contribution in [3.63, 3.8) is 0 Å². The number of aromatic nitrogens is 1. The molecule has 0 bridgehead atoms. The van der Waals surface area contributed by atoms with Crippen LogP contribution in [0.3, 0.4) is 0 Å². The van der Waals surface area contributed by atoms with Crippen molar-refractivity contribution in [1.82, 2.24) is 9.46 Å². The van der Waals surface area contributed by atoms with Gasteiger partial charge >= 0.3 is 5.97 Å². The highest BCUT2D eigenvalue weighted by molar-refractivity contribution is 7.88. The number of hydrogen-bond acceptors (Lipinski definition) is 7. The molecule has 0 aliphatic carbocycles. The summed E-state index contributed by atoms with van der Waals surface area (Å²) in [6.07, 6.45) is -0.887. The van der Waals surface area contributed by atoms with Crippen molar-refractivity contribution in [2.75, 3.05) is 26.8 Å². The van der Waals surface area contributed by atoms with Crippen LogP contribution in [0.25, 0.3) is 0 Å². The fraction of sp³-hybridized carbons (Fsp3) is 0.636. The first kappa shape index (κ1) is 14.9. The lowest BCUT2D eigenvalue weighted by Gasteiger charge is -2.30. The zero-order chi connectivity index (χ0) is 14.8. The minimum absolute atomic E-state index is 0.0498. The highest BCUT2D eigenvalue weighted by Crippen LogP contribution is 2.15. The lowest BCUT2D eigenvalue weighted by molar-refractivity contribution is -0.157. The lowest BCUT2D eigenvalue weighted by atomic mass is 10.3. The van der Waals surface area contributed by atoms with Gasteiger partial charge in [-0.2, -0.15) is 4.31 Å². The zero-order valence-corrected chi connectivity index (χ0v) is 12.1. The molecule has 0 aromatic carbocycles. The van der Waals surface area contributed by atoms with Crippen molar-refractivity contribution in [2.24, 2.45) is 0 Å². The van der Waals surface area contributed by atoms with Gasteiger partial charge in [0.2, 0.25) is 10.0 Å². The second kappa shape index (κ2) is 5.90. The van der Waals surface area contributed by atoms with Gasteiger partial charge in [0, 0.05) is 12.6 Å². The molecule has 20 heavy (non-hydrogen) atoms. The SMILES string of the molecule is COC(=O)C1CN(S(=O)(=O)Cc2cc(C)on2)CCO1. The van der Waals surface area contributed by atoms with E-state index in [1.807, 2.05) is 0 Å². The first-order valence-electron chi connectivity index (χ1n) is 6.02. The minimum atomic E-state index is -3.57. The number of carbonyl (C=O) groups excluding carboxylic acids is 1. The summed E-state index contributed by atoms with van der Waals surface area (Å²) in [6.45, 7) is 1.99. The largest absolute Gasteiger partial charge is 0.467 e. The van der Waals surface area contributed by atoms with E-state index in [-0.39, 0.29) is 25.4 Å². The molecular formula is C11H16N2O6S.